The SMILES string of the molecule is C[C@H](N)C(=O)Nc1ccc(C(=O)NC2CCCC2)cc1.Cl. The number of carbonyl (C=O) groups excluding carboxylic acids is 2. The Labute approximate surface area is 131 Å². The fourth-order valence-corrected chi connectivity index (χ4v) is 2.30. The number of hydrogen-bond donors (Lipinski definition) is 3. The van der Waals surface area contributed by atoms with Gasteiger partial charge in [0.1, 0.15) is 0 Å². The molecule has 0 bridgehead atoms. The number of amides is 2. The van der Waals surface area contributed by atoms with Crippen LogP contribution in [0.2, 0.25) is 0 Å². The van der Waals surface area contributed by atoms with Crippen molar-refractivity contribution in [2.75, 3.05) is 5.32 Å². The van der Waals surface area contributed by atoms with Crippen LogP contribution in [0.15, 0.2) is 24.3 Å². The van der Waals surface area contributed by atoms with E-state index in [1.807, 2.05) is 0 Å². The van der Waals surface area contributed by atoms with Gasteiger partial charge in [-0.1, -0.05) is 12.8 Å². The molecule has 0 aromatic heterocycles. The molecular formula is C15H22ClN3O2. The molecule has 21 heavy (non-hydrogen) atoms. The topological polar surface area (TPSA) is 84.2 Å². The molecule has 1 atom stereocenters. The average molecular weight is 312 g/mol. The minimum absolute atomic E-state index is 0. The molecule has 2 rings (SSSR count). The van der Waals surface area contributed by atoms with Crippen molar-refractivity contribution in [3.05, 3.63) is 29.8 Å². The summed E-state index contributed by atoms with van der Waals surface area (Å²) in [6, 6.07) is 6.59. The van der Waals surface area contributed by atoms with Gasteiger partial charge in [0.25, 0.3) is 5.91 Å². The van der Waals surface area contributed by atoms with Gasteiger partial charge >= 0.3 is 0 Å². The molecule has 5 nitrogen and oxygen atoms in total. The molecule has 1 aromatic rings. The summed E-state index contributed by atoms with van der Waals surface area (Å²) in [5.41, 5.74) is 6.73. The quantitative estimate of drug-likeness (QED) is 0.796. The van der Waals surface area contributed by atoms with Gasteiger partial charge in [0.15, 0.2) is 0 Å². The van der Waals surface area contributed by atoms with Crippen LogP contribution < -0.4 is 16.4 Å². The summed E-state index contributed by atoms with van der Waals surface area (Å²) >= 11 is 0. The van der Waals surface area contributed by atoms with Crippen LogP contribution in [0.4, 0.5) is 5.69 Å². The van der Waals surface area contributed by atoms with Crippen LogP contribution in [0.1, 0.15) is 43.0 Å². The monoisotopic (exact) mass is 311 g/mol. The van der Waals surface area contributed by atoms with E-state index in [1.165, 1.54) is 12.8 Å². The van der Waals surface area contributed by atoms with E-state index in [0.29, 0.717) is 17.3 Å². The Balaban J connectivity index is 0.00000220. The number of nitrogens with one attached hydrogen (secondary N) is 2. The molecular weight excluding hydrogens is 290 g/mol. The van der Waals surface area contributed by atoms with E-state index in [0.717, 1.165) is 12.8 Å². The van der Waals surface area contributed by atoms with Gasteiger partial charge in [0.05, 0.1) is 6.04 Å². The van der Waals surface area contributed by atoms with Gasteiger partial charge in [0, 0.05) is 17.3 Å². The molecule has 1 aliphatic rings. The van der Waals surface area contributed by atoms with Gasteiger partial charge in [-0.3, -0.25) is 9.59 Å². The van der Waals surface area contributed by atoms with Crippen molar-refractivity contribution in [3.63, 3.8) is 0 Å². The third-order valence-corrected chi connectivity index (χ3v) is 3.52. The second kappa shape index (κ2) is 8.00. The summed E-state index contributed by atoms with van der Waals surface area (Å²) < 4.78 is 0. The number of halogens is 1. The summed E-state index contributed by atoms with van der Waals surface area (Å²) in [6.45, 7) is 1.62. The first-order valence-corrected chi connectivity index (χ1v) is 7.03. The lowest BCUT2D eigenvalue weighted by Crippen LogP contribution is -2.33. The zero-order chi connectivity index (χ0) is 14.5. The highest BCUT2D eigenvalue weighted by atomic mass is 35.5. The number of nitrogens with two attached hydrogens (primary N) is 1. The summed E-state index contributed by atoms with van der Waals surface area (Å²) in [5, 5.41) is 5.71. The van der Waals surface area contributed by atoms with Crippen LogP contribution >= 0.6 is 12.4 Å². The normalized spacial score (nSPS) is 15.9. The second-order valence-corrected chi connectivity index (χ2v) is 5.31. The maximum absolute atomic E-state index is 12.0. The molecule has 1 aliphatic carbocycles. The maximum Gasteiger partial charge on any atom is 0.251 e. The van der Waals surface area contributed by atoms with E-state index in [4.69, 9.17) is 5.73 Å². The Hall–Kier alpha value is -1.59. The molecule has 0 unspecified atom stereocenters. The third kappa shape index (κ3) is 5.02. The molecule has 0 saturated heterocycles. The first-order chi connectivity index (χ1) is 9.56. The molecule has 6 heteroatoms. The van der Waals surface area contributed by atoms with Crippen LogP contribution in [0, 0.1) is 0 Å². The van der Waals surface area contributed by atoms with Crippen molar-refractivity contribution in [1.82, 2.24) is 5.32 Å². The van der Waals surface area contributed by atoms with Crippen molar-refractivity contribution < 1.29 is 9.59 Å². The molecule has 116 valence electrons. The van der Waals surface area contributed by atoms with Gasteiger partial charge in [0.2, 0.25) is 5.91 Å². The molecule has 0 radical (unpaired) electrons. The molecule has 4 N–H and O–H groups in total. The van der Waals surface area contributed by atoms with E-state index in [2.05, 4.69) is 10.6 Å². The Morgan fingerprint density at radius 3 is 2.29 bits per heavy atom. The van der Waals surface area contributed by atoms with E-state index in [-0.39, 0.29) is 24.2 Å². The number of carbonyl (C=O) groups is 2. The third-order valence-electron chi connectivity index (χ3n) is 3.52. The van der Waals surface area contributed by atoms with Crippen LogP contribution in [0.5, 0.6) is 0 Å². The van der Waals surface area contributed by atoms with Crippen LogP contribution in [-0.2, 0) is 4.79 Å². The molecule has 1 fully saturated rings. The fraction of sp³-hybridized carbons (Fsp3) is 0.467. The predicted molar refractivity (Wildman–Crippen MR) is 85.7 cm³/mol. The molecule has 1 saturated carbocycles. The summed E-state index contributed by atoms with van der Waals surface area (Å²) in [7, 11) is 0. The minimum Gasteiger partial charge on any atom is -0.349 e. The van der Waals surface area contributed by atoms with Crippen LogP contribution in [-0.4, -0.2) is 23.9 Å². The van der Waals surface area contributed by atoms with Gasteiger partial charge < -0.3 is 16.4 Å². The first-order valence-electron chi connectivity index (χ1n) is 7.03. The highest BCUT2D eigenvalue weighted by Gasteiger charge is 2.17. The zero-order valence-corrected chi connectivity index (χ0v) is 12.9. The smallest absolute Gasteiger partial charge is 0.251 e. The fourth-order valence-electron chi connectivity index (χ4n) is 2.30. The Morgan fingerprint density at radius 2 is 1.76 bits per heavy atom. The lowest BCUT2D eigenvalue weighted by atomic mass is 10.1. The van der Waals surface area contributed by atoms with E-state index in [9.17, 15) is 9.59 Å². The number of anilines is 1. The van der Waals surface area contributed by atoms with Crippen molar-refractivity contribution in [2.45, 2.75) is 44.7 Å². The van der Waals surface area contributed by atoms with Gasteiger partial charge in [-0.15, -0.1) is 12.4 Å². The number of hydrogen-bond acceptors (Lipinski definition) is 3. The first kappa shape index (κ1) is 17.5. The molecule has 1 aromatic carbocycles. The van der Waals surface area contributed by atoms with Gasteiger partial charge in [-0.25, -0.2) is 0 Å². The average Bonchev–Trinajstić information content (AvgIpc) is 2.92. The number of rotatable bonds is 4. The Bertz CT molecular complexity index is 482. The van der Waals surface area contributed by atoms with E-state index >= 15 is 0 Å². The van der Waals surface area contributed by atoms with Gasteiger partial charge in [-0.2, -0.15) is 0 Å². The van der Waals surface area contributed by atoms with Crippen LogP contribution in [0.25, 0.3) is 0 Å². The Morgan fingerprint density at radius 1 is 1.19 bits per heavy atom. The summed E-state index contributed by atoms with van der Waals surface area (Å²) in [5.74, 6) is -0.296. The van der Waals surface area contributed by atoms with Crippen LogP contribution in [0.3, 0.4) is 0 Å². The number of benzene rings is 1. The van der Waals surface area contributed by atoms with Crippen molar-refractivity contribution in [3.8, 4) is 0 Å². The lowest BCUT2D eigenvalue weighted by molar-refractivity contribution is -0.117. The van der Waals surface area contributed by atoms with Crippen molar-refractivity contribution >= 4 is 29.9 Å². The second-order valence-electron chi connectivity index (χ2n) is 5.31. The van der Waals surface area contributed by atoms with Crippen molar-refractivity contribution in [1.29, 1.82) is 0 Å². The highest BCUT2D eigenvalue weighted by molar-refractivity contribution is 5.97. The predicted octanol–water partition coefficient (Wildman–Crippen LogP) is 2.07. The Kier molecular flexibility index (Phi) is 6.65. The molecule has 0 spiro atoms. The summed E-state index contributed by atoms with van der Waals surface area (Å²) in [6.07, 6.45) is 4.50. The maximum atomic E-state index is 12.0. The van der Waals surface area contributed by atoms with E-state index < -0.39 is 6.04 Å². The highest BCUT2D eigenvalue weighted by Crippen LogP contribution is 2.18. The molecule has 0 aliphatic heterocycles. The molecule has 0 heterocycles. The standard InChI is InChI=1S/C15H21N3O2.ClH/c1-10(16)14(19)17-13-8-6-11(7-9-13)15(20)18-12-4-2-3-5-12;/h6-10,12H,2-5,16H2,1H3,(H,17,19)(H,18,20);1H/t10-;/m0./s1. The van der Waals surface area contributed by atoms with Crippen molar-refractivity contribution in [2.24, 2.45) is 5.73 Å². The summed E-state index contributed by atoms with van der Waals surface area (Å²) in [4.78, 5) is 23.5. The lowest BCUT2D eigenvalue weighted by Gasteiger charge is -2.12. The molecule has 2 amide bonds. The van der Waals surface area contributed by atoms with Gasteiger partial charge in [-0.05, 0) is 44.0 Å². The largest absolute Gasteiger partial charge is 0.349 e. The zero-order valence-electron chi connectivity index (χ0n) is 12.1. The minimum atomic E-state index is -0.555. The van der Waals surface area contributed by atoms with E-state index in [1.54, 1.807) is 31.2 Å².